The highest BCUT2D eigenvalue weighted by Crippen LogP contribution is 2.32. The van der Waals surface area contributed by atoms with Crippen molar-refractivity contribution in [2.24, 2.45) is 0 Å². The second kappa shape index (κ2) is 6.02. The largest absolute Gasteiger partial charge is 0.361 e. The highest BCUT2D eigenvalue weighted by atomic mass is 16.5. The number of nitrogens with one attached hydrogen (secondary N) is 1. The summed E-state index contributed by atoms with van der Waals surface area (Å²) >= 11 is 0. The highest BCUT2D eigenvalue weighted by Gasteiger charge is 2.35. The molecule has 0 bridgehead atoms. The van der Waals surface area contributed by atoms with E-state index in [9.17, 15) is 0 Å². The maximum atomic E-state index is 6.17. The molecule has 2 nitrogen and oxygen atoms in total. The predicted octanol–water partition coefficient (Wildman–Crippen LogP) is 3.61. The van der Waals surface area contributed by atoms with E-state index in [0.717, 1.165) is 19.1 Å². The summed E-state index contributed by atoms with van der Waals surface area (Å²) in [6.45, 7) is 3.12. The molecule has 0 radical (unpaired) electrons. The van der Waals surface area contributed by atoms with Crippen molar-refractivity contribution in [2.45, 2.75) is 82.9 Å². The molecule has 0 amide bonds. The maximum Gasteiger partial charge on any atom is 0.119 e. The van der Waals surface area contributed by atoms with Crippen LogP contribution in [0.15, 0.2) is 0 Å². The van der Waals surface area contributed by atoms with Crippen LogP contribution in [0.3, 0.4) is 0 Å². The maximum absolute atomic E-state index is 6.17. The van der Waals surface area contributed by atoms with E-state index in [1.165, 1.54) is 57.8 Å². The molecule has 2 rings (SSSR count). The van der Waals surface area contributed by atoms with Gasteiger partial charge in [0.2, 0.25) is 0 Å². The lowest BCUT2D eigenvalue weighted by Crippen LogP contribution is -2.53. The summed E-state index contributed by atoms with van der Waals surface area (Å²) in [7, 11) is 0. The number of rotatable bonds is 5. The van der Waals surface area contributed by atoms with Gasteiger partial charge in [0.25, 0.3) is 0 Å². The first kappa shape index (κ1) is 12.4. The van der Waals surface area contributed by atoms with Crippen molar-refractivity contribution in [3.63, 3.8) is 0 Å². The fourth-order valence-electron chi connectivity index (χ4n) is 3.19. The van der Waals surface area contributed by atoms with Crippen molar-refractivity contribution in [3.8, 4) is 0 Å². The van der Waals surface area contributed by atoms with Gasteiger partial charge >= 0.3 is 0 Å². The summed E-state index contributed by atoms with van der Waals surface area (Å²) in [5.41, 5.74) is 0.0449. The van der Waals surface area contributed by atoms with Gasteiger partial charge < -0.3 is 4.74 Å². The minimum Gasteiger partial charge on any atom is -0.361 e. The fourth-order valence-corrected chi connectivity index (χ4v) is 3.19. The van der Waals surface area contributed by atoms with Gasteiger partial charge in [0.05, 0.1) is 0 Å². The van der Waals surface area contributed by atoms with Crippen LogP contribution in [0.5, 0.6) is 0 Å². The van der Waals surface area contributed by atoms with E-state index in [1.807, 2.05) is 0 Å². The molecule has 2 heteroatoms. The van der Waals surface area contributed by atoms with Gasteiger partial charge in [-0.2, -0.15) is 0 Å². The average molecular weight is 225 g/mol. The van der Waals surface area contributed by atoms with Crippen molar-refractivity contribution >= 4 is 0 Å². The van der Waals surface area contributed by atoms with Crippen molar-refractivity contribution in [3.05, 3.63) is 0 Å². The SMILES string of the molecule is CCCOC1(NC2CCCC2)CCCCC1. The van der Waals surface area contributed by atoms with Crippen molar-refractivity contribution in [1.29, 1.82) is 0 Å². The van der Waals surface area contributed by atoms with Gasteiger partial charge in [-0.3, -0.25) is 5.32 Å². The molecule has 0 saturated heterocycles. The Morgan fingerprint density at radius 1 is 1.06 bits per heavy atom. The van der Waals surface area contributed by atoms with E-state index >= 15 is 0 Å². The molecule has 0 spiro atoms. The smallest absolute Gasteiger partial charge is 0.119 e. The zero-order chi connectivity index (χ0) is 11.3. The second-order valence-corrected chi connectivity index (χ2v) is 5.53. The van der Waals surface area contributed by atoms with Crippen LogP contribution in [-0.2, 0) is 4.74 Å². The standard InChI is InChI=1S/C14H27NO/c1-2-12-16-14(10-6-3-7-11-14)15-13-8-4-5-9-13/h13,15H,2-12H2,1H3. The lowest BCUT2D eigenvalue weighted by molar-refractivity contribution is -0.101. The fraction of sp³-hybridized carbons (Fsp3) is 1.00. The molecular weight excluding hydrogens is 198 g/mol. The van der Waals surface area contributed by atoms with E-state index in [-0.39, 0.29) is 5.72 Å². The Hall–Kier alpha value is -0.0800. The molecule has 0 aromatic heterocycles. The molecule has 0 aliphatic heterocycles. The first-order valence-corrected chi connectivity index (χ1v) is 7.26. The third-order valence-electron chi connectivity index (χ3n) is 4.07. The lowest BCUT2D eigenvalue weighted by Gasteiger charge is -2.40. The normalized spacial score (nSPS) is 26.1. The van der Waals surface area contributed by atoms with Crippen LogP contribution < -0.4 is 5.32 Å². The molecule has 2 aliphatic carbocycles. The summed E-state index contributed by atoms with van der Waals surface area (Å²) in [6, 6.07) is 0.731. The van der Waals surface area contributed by atoms with Crippen molar-refractivity contribution in [2.75, 3.05) is 6.61 Å². The topological polar surface area (TPSA) is 21.3 Å². The summed E-state index contributed by atoms with van der Waals surface area (Å²) in [6.07, 6.45) is 13.2. The first-order valence-electron chi connectivity index (χ1n) is 7.26. The Morgan fingerprint density at radius 2 is 1.75 bits per heavy atom. The van der Waals surface area contributed by atoms with Crippen LogP contribution >= 0.6 is 0 Å². The lowest BCUT2D eigenvalue weighted by atomic mass is 9.90. The van der Waals surface area contributed by atoms with E-state index in [0.29, 0.717) is 0 Å². The van der Waals surface area contributed by atoms with Crippen molar-refractivity contribution in [1.82, 2.24) is 5.32 Å². The second-order valence-electron chi connectivity index (χ2n) is 5.53. The van der Waals surface area contributed by atoms with Crippen LogP contribution in [0, 0.1) is 0 Å². The number of hydrogen-bond acceptors (Lipinski definition) is 2. The summed E-state index contributed by atoms with van der Waals surface area (Å²) in [4.78, 5) is 0. The molecule has 2 aliphatic rings. The van der Waals surface area contributed by atoms with Gasteiger partial charge in [0, 0.05) is 12.6 Å². The zero-order valence-electron chi connectivity index (χ0n) is 10.8. The zero-order valence-corrected chi connectivity index (χ0v) is 10.8. The molecule has 1 N–H and O–H groups in total. The molecule has 0 aromatic rings. The van der Waals surface area contributed by atoms with E-state index in [2.05, 4.69) is 12.2 Å². The van der Waals surface area contributed by atoms with Crippen LogP contribution in [0.4, 0.5) is 0 Å². The molecule has 2 saturated carbocycles. The monoisotopic (exact) mass is 225 g/mol. The van der Waals surface area contributed by atoms with Crippen LogP contribution in [0.25, 0.3) is 0 Å². The van der Waals surface area contributed by atoms with E-state index < -0.39 is 0 Å². The molecule has 16 heavy (non-hydrogen) atoms. The quantitative estimate of drug-likeness (QED) is 0.722. The first-order chi connectivity index (χ1) is 7.85. The third kappa shape index (κ3) is 3.21. The Balaban J connectivity index is 1.89. The van der Waals surface area contributed by atoms with Crippen LogP contribution in [0.1, 0.15) is 71.1 Å². The predicted molar refractivity (Wildman–Crippen MR) is 67.5 cm³/mol. The van der Waals surface area contributed by atoms with Crippen LogP contribution in [0.2, 0.25) is 0 Å². The summed E-state index contributed by atoms with van der Waals surface area (Å²) in [5.74, 6) is 0. The molecule has 0 aromatic carbocycles. The minimum atomic E-state index is 0.0449. The Bertz CT molecular complexity index is 193. The highest BCUT2D eigenvalue weighted by molar-refractivity contribution is 4.87. The van der Waals surface area contributed by atoms with Gasteiger partial charge in [-0.25, -0.2) is 0 Å². The van der Waals surface area contributed by atoms with E-state index in [1.54, 1.807) is 0 Å². The third-order valence-corrected chi connectivity index (χ3v) is 4.07. The molecule has 2 fully saturated rings. The molecule has 94 valence electrons. The number of ether oxygens (including phenoxy) is 1. The summed E-state index contributed by atoms with van der Waals surface area (Å²) in [5, 5.41) is 3.84. The Labute approximate surface area is 100 Å². The number of hydrogen-bond donors (Lipinski definition) is 1. The van der Waals surface area contributed by atoms with Gasteiger partial charge in [-0.15, -0.1) is 0 Å². The Morgan fingerprint density at radius 3 is 2.38 bits per heavy atom. The van der Waals surface area contributed by atoms with E-state index in [4.69, 9.17) is 4.74 Å². The van der Waals surface area contributed by atoms with Gasteiger partial charge in [0.1, 0.15) is 5.72 Å². The van der Waals surface area contributed by atoms with Gasteiger partial charge in [0.15, 0.2) is 0 Å². The summed E-state index contributed by atoms with van der Waals surface area (Å²) < 4.78 is 6.17. The molecule has 0 unspecified atom stereocenters. The van der Waals surface area contributed by atoms with Crippen molar-refractivity contribution < 1.29 is 4.74 Å². The molecule has 0 atom stereocenters. The minimum absolute atomic E-state index is 0.0449. The molecule has 0 heterocycles. The van der Waals surface area contributed by atoms with Gasteiger partial charge in [-0.05, 0) is 44.9 Å². The average Bonchev–Trinajstić information content (AvgIpc) is 2.80. The van der Waals surface area contributed by atoms with Crippen LogP contribution in [-0.4, -0.2) is 18.4 Å². The Kier molecular flexibility index (Phi) is 4.66. The molecular formula is C14H27NO. The van der Waals surface area contributed by atoms with Gasteiger partial charge in [-0.1, -0.05) is 26.2 Å².